The zero-order chi connectivity index (χ0) is 8.20. The molecule has 0 saturated carbocycles. The van der Waals surface area contributed by atoms with Gasteiger partial charge in [-0.05, 0) is 19.8 Å². The van der Waals surface area contributed by atoms with Crippen LogP contribution in [0.2, 0.25) is 0 Å². The van der Waals surface area contributed by atoms with E-state index in [9.17, 15) is 13.0 Å². The standard InChI is InChI=1S/C5H10ClO3S/c1-5(6)3-2-4-10(7,8)9/h5H,2-4H2,1H3. The summed E-state index contributed by atoms with van der Waals surface area (Å²) in [7, 11) is -4.03. The summed E-state index contributed by atoms with van der Waals surface area (Å²) >= 11 is 5.51. The maximum Gasteiger partial charge on any atom is 0.294 e. The van der Waals surface area contributed by atoms with Crippen LogP contribution in [0.1, 0.15) is 19.8 Å². The molecular weight excluding hydrogens is 176 g/mol. The molecule has 0 fully saturated rings. The largest absolute Gasteiger partial charge is 0.294 e. The van der Waals surface area contributed by atoms with E-state index in [1.165, 1.54) is 0 Å². The van der Waals surface area contributed by atoms with E-state index in [4.69, 9.17) is 11.6 Å². The van der Waals surface area contributed by atoms with Gasteiger partial charge in [0.2, 0.25) is 0 Å². The Bertz CT molecular complexity index is 173. The van der Waals surface area contributed by atoms with Gasteiger partial charge in [-0.15, -0.1) is 11.6 Å². The molecular formula is C5H10ClO3S. The predicted octanol–water partition coefficient (Wildman–Crippen LogP) is 1.15. The van der Waals surface area contributed by atoms with Gasteiger partial charge in [-0.25, -0.2) is 0 Å². The average molecular weight is 186 g/mol. The van der Waals surface area contributed by atoms with Gasteiger partial charge in [-0.2, -0.15) is 8.42 Å². The Hall–Kier alpha value is 0.200. The zero-order valence-electron chi connectivity index (χ0n) is 5.71. The molecule has 0 aliphatic rings. The van der Waals surface area contributed by atoms with Crippen LogP contribution in [0.15, 0.2) is 0 Å². The van der Waals surface area contributed by atoms with E-state index in [0.717, 1.165) is 0 Å². The van der Waals surface area contributed by atoms with Gasteiger partial charge in [0.25, 0.3) is 10.1 Å². The molecule has 1 radical (unpaired) electrons. The maximum atomic E-state index is 10.0. The lowest BCUT2D eigenvalue weighted by Crippen LogP contribution is -2.03. The normalized spacial score (nSPS) is 15.1. The summed E-state index contributed by atoms with van der Waals surface area (Å²) in [6.45, 7) is 1.76. The fourth-order valence-corrected chi connectivity index (χ4v) is 1.22. The van der Waals surface area contributed by atoms with Crippen molar-refractivity contribution in [2.75, 3.05) is 5.75 Å². The molecule has 0 aliphatic heterocycles. The van der Waals surface area contributed by atoms with Crippen molar-refractivity contribution >= 4 is 21.7 Å². The minimum atomic E-state index is -4.03. The molecule has 0 spiro atoms. The molecule has 0 aromatic carbocycles. The van der Waals surface area contributed by atoms with E-state index >= 15 is 0 Å². The van der Waals surface area contributed by atoms with Gasteiger partial charge < -0.3 is 0 Å². The van der Waals surface area contributed by atoms with Crippen LogP contribution in [-0.2, 0) is 14.7 Å². The molecule has 0 saturated heterocycles. The fourth-order valence-electron chi connectivity index (χ4n) is 0.541. The molecule has 5 heteroatoms. The highest BCUT2D eigenvalue weighted by atomic mass is 35.5. The molecule has 61 valence electrons. The summed E-state index contributed by atoms with van der Waals surface area (Å²) in [6, 6.07) is 0. The molecule has 0 amide bonds. The number of rotatable bonds is 4. The van der Waals surface area contributed by atoms with Crippen molar-refractivity contribution in [1.82, 2.24) is 0 Å². The molecule has 0 heterocycles. The first-order chi connectivity index (χ1) is 4.42. The van der Waals surface area contributed by atoms with Crippen LogP contribution in [0.3, 0.4) is 0 Å². The quantitative estimate of drug-likeness (QED) is 0.617. The van der Waals surface area contributed by atoms with Crippen LogP contribution in [0.4, 0.5) is 0 Å². The van der Waals surface area contributed by atoms with Crippen molar-refractivity contribution < 1.29 is 13.0 Å². The Morgan fingerprint density at radius 3 is 2.30 bits per heavy atom. The third kappa shape index (κ3) is 8.20. The smallest absolute Gasteiger partial charge is 0.197 e. The molecule has 1 atom stereocenters. The van der Waals surface area contributed by atoms with Crippen molar-refractivity contribution in [1.29, 1.82) is 0 Å². The second-order valence-corrected chi connectivity index (χ2v) is 4.45. The van der Waals surface area contributed by atoms with E-state index in [1.54, 1.807) is 6.92 Å². The predicted molar refractivity (Wildman–Crippen MR) is 39.0 cm³/mol. The lowest BCUT2D eigenvalue weighted by Gasteiger charge is -1.98. The molecule has 10 heavy (non-hydrogen) atoms. The first-order valence-electron chi connectivity index (χ1n) is 2.99. The third-order valence-corrected chi connectivity index (χ3v) is 2.00. The molecule has 3 nitrogen and oxygen atoms in total. The summed E-state index contributed by atoms with van der Waals surface area (Å²) in [6.07, 6.45) is 0.930. The van der Waals surface area contributed by atoms with Gasteiger partial charge in [0.1, 0.15) is 0 Å². The van der Waals surface area contributed by atoms with E-state index in [0.29, 0.717) is 12.8 Å². The van der Waals surface area contributed by atoms with Crippen molar-refractivity contribution in [3.63, 3.8) is 0 Å². The first kappa shape index (κ1) is 10.2. The Morgan fingerprint density at radius 2 is 2.00 bits per heavy atom. The molecule has 0 bridgehead atoms. The lowest BCUT2D eigenvalue weighted by atomic mass is 10.3. The molecule has 0 aliphatic carbocycles. The number of halogens is 1. The second-order valence-electron chi connectivity index (χ2n) is 2.18. The highest BCUT2D eigenvalue weighted by Gasteiger charge is 2.06. The summed E-state index contributed by atoms with van der Waals surface area (Å²) < 4.78 is 30.0. The van der Waals surface area contributed by atoms with Crippen molar-refractivity contribution in [3.8, 4) is 0 Å². The van der Waals surface area contributed by atoms with Crippen molar-refractivity contribution in [2.24, 2.45) is 0 Å². The average Bonchev–Trinajstić information content (AvgIpc) is 1.59. The van der Waals surface area contributed by atoms with Crippen LogP contribution >= 0.6 is 11.6 Å². The summed E-state index contributed by atoms with van der Waals surface area (Å²) in [5.74, 6) is -0.302. The molecule has 1 unspecified atom stereocenters. The Labute approximate surface area is 66.1 Å². The summed E-state index contributed by atoms with van der Waals surface area (Å²) in [4.78, 5) is 0. The number of hydrogen-bond donors (Lipinski definition) is 0. The SMILES string of the molecule is CC(Cl)CCCS([O])(=O)=O. The topological polar surface area (TPSA) is 54.0 Å². The van der Waals surface area contributed by atoms with Gasteiger partial charge >= 0.3 is 0 Å². The van der Waals surface area contributed by atoms with E-state index in [-0.39, 0.29) is 11.1 Å². The summed E-state index contributed by atoms with van der Waals surface area (Å²) in [5.41, 5.74) is 0. The Kier molecular flexibility index (Phi) is 4.24. The van der Waals surface area contributed by atoms with Crippen LogP contribution in [0, 0.1) is 0 Å². The van der Waals surface area contributed by atoms with Gasteiger partial charge in [0.05, 0.1) is 5.75 Å². The van der Waals surface area contributed by atoms with Gasteiger partial charge in [0.15, 0.2) is 0 Å². The lowest BCUT2D eigenvalue weighted by molar-refractivity contribution is 0.412. The van der Waals surface area contributed by atoms with Gasteiger partial charge in [-0.1, -0.05) is 4.55 Å². The fraction of sp³-hybridized carbons (Fsp3) is 1.00. The molecule has 0 aromatic heterocycles. The summed E-state index contributed by atoms with van der Waals surface area (Å²) in [5, 5.41) is -0.0539. The monoisotopic (exact) mass is 185 g/mol. The zero-order valence-corrected chi connectivity index (χ0v) is 7.28. The van der Waals surface area contributed by atoms with E-state index in [1.807, 2.05) is 0 Å². The number of alkyl halides is 1. The van der Waals surface area contributed by atoms with Crippen LogP contribution < -0.4 is 0 Å². The maximum absolute atomic E-state index is 10.0. The van der Waals surface area contributed by atoms with Crippen molar-refractivity contribution in [3.05, 3.63) is 0 Å². The molecule has 0 aromatic rings. The molecule has 0 rings (SSSR count). The minimum absolute atomic E-state index is 0.0539. The Morgan fingerprint density at radius 1 is 1.50 bits per heavy atom. The van der Waals surface area contributed by atoms with Crippen LogP contribution in [-0.4, -0.2) is 19.5 Å². The highest BCUT2D eigenvalue weighted by Crippen LogP contribution is 2.04. The second kappa shape index (κ2) is 4.16. The van der Waals surface area contributed by atoms with Crippen LogP contribution in [0.5, 0.6) is 0 Å². The number of hydrogen-bond acceptors (Lipinski definition) is 2. The molecule has 0 N–H and O–H groups in total. The third-order valence-electron chi connectivity index (χ3n) is 0.996. The highest BCUT2D eigenvalue weighted by molar-refractivity contribution is 7.85. The van der Waals surface area contributed by atoms with Gasteiger partial charge in [0, 0.05) is 5.38 Å². The van der Waals surface area contributed by atoms with E-state index in [2.05, 4.69) is 0 Å². The van der Waals surface area contributed by atoms with E-state index < -0.39 is 10.1 Å². The van der Waals surface area contributed by atoms with Gasteiger partial charge in [-0.3, -0.25) is 0 Å². The Balaban J connectivity index is 3.39. The van der Waals surface area contributed by atoms with Crippen molar-refractivity contribution in [2.45, 2.75) is 25.1 Å². The first-order valence-corrected chi connectivity index (χ1v) is 5.01. The van der Waals surface area contributed by atoms with Crippen LogP contribution in [0.25, 0.3) is 0 Å². The minimum Gasteiger partial charge on any atom is -0.197 e.